The molecule has 1 fully saturated rings. The van der Waals surface area contributed by atoms with Crippen molar-refractivity contribution in [1.29, 1.82) is 0 Å². The Hall–Kier alpha value is -1.14. The molecule has 0 bridgehead atoms. The summed E-state index contributed by atoms with van der Waals surface area (Å²) in [5.74, 6) is 1.07. The number of anilines is 1. The van der Waals surface area contributed by atoms with Crippen molar-refractivity contribution < 1.29 is 9.53 Å². The average Bonchev–Trinajstić information content (AvgIpc) is 2.92. The molecule has 0 amide bonds. The number of carbonyl (C=O) groups is 1. The second-order valence-corrected chi connectivity index (χ2v) is 8.91. The number of thiocarbonyl (C=S) groups is 1. The van der Waals surface area contributed by atoms with Gasteiger partial charge in [-0.3, -0.25) is 0 Å². The van der Waals surface area contributed by atoms with Crippen molar-refractivity contribution in [3.05, 3.63) is 16.0 Å². The lowest BCUT2D eigenvalue weighted by Crippen LogP contribution is -2.44. The molecule has 1 aromatic rings. The van der Waals surface area contributed by atoms with E-state index >= 15 is 0 Å². The van der Waals surface area contributed by atoms with E-state index in [1.54, 1.807) is 11.3 Å². The number of carbonyl (C=O) groups excluding carboxylic acids is 1. The number of likely N-dealkylation sites (tertiary alicyclic amines) is 1. The summed E-state index contributed by atoms with van der Waals surface area (Å²) < 4.78 is 5.33. The summed E-state index contributed by atoms with van der Waals surface area (Å²) in [6, 6.07) is 0. The minimum absolute atomic E-state index is 0.215. The number of ether oxygens (including phenoxy) is 1. The summed E-state index contributed by atoms with van der Waals surface area (Å²) in [5.41, 5.74) is 1.90. The maximum atomic E-state index is 12.5. The summed E-state index contributed by atoms with van der Waals surface area (Å²) in [4.78, 5) is 16.1. The number of hydrogen-bond acceptors (Lipinski definition) is 4. The summed E-state index contributed by atoms with van der Waals surface area (Å²) in [6.07, 6.45) is 5.60. The Morgan fingerprint density at radius 1 is 1.28 bits per heavy atom. The maximum Gasteiger partial charge on any atom is 0.341 e. The van der Waals surface area contributed by atoms with Crippen molar-refractivity contribution in [2.24, 2.45) is 11.8 Å². The van der Waals surface area contributed by atoms with Crippen LogP contribution in [0.1, 0.15) is 60.8 Å². The molecule has 6 heteroatoms. The lowest BCUT2D eigenvalue weighted by Gasteiger charge is -2.36. The first kappa shape index (κ1) is 18.6. The number of fused-ring (bicyclic) bond motifs is 1. The fraction of sp³-hybridized carbons (Fsp3) is 0.684. The molecular formula is C19H28N2O2S2. The molecule has 2 unspecified atom stereocenters. The summed E-state index contributed by atoms with van der Waals surface area (Å²) in [6.45, 7) is 8.77. The van der Waals surface area contributed by atoms with E-state index in [0.717, 1.165) is 48.0 Å². The molecular weight excluding hydrogens is 352 g/mol. The highest BCUT2D eigenvalue weighted by atomic mass is 32.1. The van der Waals surface area contributed by atoms with Gasteiger partial charge in [-0.15, -0.1) is 11.3 Å². The largest absolute Gasteiger partial charge is 0.462 e. The molecule has 4 nitrogen and oxygen atoms in total. The molecule has 3 rings (SSSR count). The molecule has 2 atom stereocenters. The monoisotopic (exact) mass is 380 g/mol. The highest BCUT2D eigenvalue weighted by Gasteiger charge is 2.29. The van der Waals surface area contributed by atoms with Crippen molar-refractivity contribution in [1.82, 2.24) is 4.90 Å². The van der Waals surface area contributed by atoms with Crippen LogP contribution >= 0.6 is 23.6 Å². The second-order valence-electron chi connectivity index (χ2n) is 7.42. The zero-order valence-corrected chi connectivity index (χ0v) is 17.0. The third kappa shape index (κ3) is 4.17. The third-order valence-electron chi connectivity index (χ3n) is 5.03. The molecule has 1 aliphatic carbocycles. The molecule has 2 aliphatic rings. The number of piperidine rings is 1. The van der Waals surface area contributed by atoms with E-state index in [0.29, 0.717) is 18.4 Å². The van der Waals surface area contributed by atoms with E-state index in [1.807, 2.05) is 6.92 Å². The Bertz CT molecular complexity index is 646. The van der Waals surface area contributed by atoms with E-state index in [1.165, 1.54) is 23.3 Å². The van der Waals surface area contributed by atoms with Gasteiger partial charge in [0.1, 0.15) is 5.00 Å². The molecule has 0 saturated carbocycles. The van der Waals surface area contributed by atoms with E-state index in [4.69, 9.17) is 17.0 Å². The van der Waals surface area contributed by atoms with Gasteiger partial charge in [-0.05, 0) is 68.6 Å². The molecule has 0 spiro atoms. The summed E-state index contributed by atoms with van der Waals surface area (Å²) in [5, 5.41) is 5.01. The average molecular weight is 381 g/mol. The van der Waals surface area contributed by atoms with Crippen LogP contribution in [0.4, 0.5) is 5.00 Å². The van der Waals surface area contributed by atoms with Gasteiger partial charge in [0.05, 0.1) is 12.2 Å². The number of hydrogen-bond donors (Lipinski definition) is 1. The van der Waals surface area contributed by atoms with Gasteiger partial charge < -0.3 is 15.0 Å². The van der Waals surface area contributed by atoms with Crippen molar-refractivity contribution in [2.75, 3.05) is 25.0 Å². The molecule has 1 aliphatic heterocycles. The van der Waals surface area contributed by atoms with Gasteiger partial charge >= 0.3 is 5.97 Å². The molecule has 2 heterocycles. The zero-order chi connectivity index (χ0) is 18.0. The standard InChI is InChI=1S/C19H28N2O2S2/c1-4-23-18(22)16-14-7-5-6-8-15(14)25-17(16)20-19(24)21-10-12(2)9-13(3)11-21/h12-13H,4-11H2,1-3H3,(H,20,24). The van der Waals surface area contributed by atoms with Crippen molar-refractivity contribution in [3.8, 4) is 0 Å². The number of nitrogens with zero attached hydrogens (tertiary/aromatic N) is 1. The Morgan fingerprint density at radius 3 is 2.64 bits per heavy atom. The van der Waals surface area contributed by atoms with Crippen LogP contribution in [-0.4, -0.2) is 35.7 Å². The second kappa shape index (κ2) is 8.04. The highest BCUT2D eigenvalue weighted by molar-refractivity contribution is 7.80. The van der Waals surface area contributed by atoms with E-state index in [9.17, 15) is 4.79 Å². The molecule has 1 aromatic heterocycles. The van der Waals surface area contributed by atoms with Crippen LogP contribution in [-0.2, 0) is 17.6 Å². The van der Waals surface area contributed by atoms with Gasteiger partial charge in [-0.25, -0.2) is 4.79 Å². The molecule has 1 N–H and O–H groups in total. The fourth-order valence-corrected chi connectivity index (χ4v) is 5.67. The van der Waals surface area contributed by atoms with Crippen molar-refractivity contribution in [3.63, 3.8) is 0 Å². The fourth-order valence-electron chi connectivity index (χ4n) is 4.08. The number of aryl methyl sites for hydroxylation is 1. The quantitative estimate of drug-likeness (QED) is 0.619. The van der Waals surface area contributed by atoms with Gasteiger partial charge in [0.2, 0.25) is 0 Å². The number of rotatable bonds is 3. The maximum absolute atomic E-state index is 12.5. The normalized spacial score (nSPS) is 23.1. The van der Waals surface area contributed by atoms with Crippen LogP contribution < -0.4 is 5.32 Å². The molecule has 25 heavy (non-hydrogen) atoms. The zero-order valence-electron chi connectivity index (χ0n) is 15.4. The van der Waals surface area contributed by atoms with Crippen LogP contribution in [0, 0.1) is 11.8 Å². The molecule has 0 radical (unpaired) electrons. The number of thiophene rings is 1. The molecule has 0 aromatic carbocycles. The molecule has 138 valence electrons. The van der Waals surface area contributed by atoms with Crippen LogP contribution in [0.5, 0.6) is 0 Å². The minimum atomic E-state index is -0.215. The highest BCUT2D eigenvalue weighted by Crippen LogP contribution is 2.39. The van der Waals surface area contributed by atoms with Crippen LogP contribution in [0.15, 0.2) is 0 Å². The van der Waals surface area contributed by atoms with Crippen molar-refractivity contribution in [2.45, 2.75) is 52.9 Å². The Morgan fingerprint density at radius 2 is 1.96 bits per heavy atom. The van der Waals surface area contributed by atoms with Crippen LogP contribution in [0.3, 0.4) is 0 Å². The predicted molar refractivity (Wildman–Crippen MR) is 108 cm³/mol. The van der Waals surface area contributed by atoms with E-state index in [2.05, 4.69) is 24.1 Å². The van der Waals surface area contributed by atoms with Gasteiger partial charge in [-0.2, -0.15) is 0 Å². The third-order valence-corrected chi connectivity index (χ3v) is 6.59. The summed E-state index contributed by atoms with van der Waals surface area (Å²) >= 11 is 7.37. The lowest BCUT2D eigenvalue weighted by atomic mass is 9.92. The number of esters is 1. The Balaban J connectivity index is 1.82. The van der Waals surface area contributed by atoms with Crippen LogP contribution in [0.25, 0.3) is 0 Å². The smallest absolute Gasteiger partial charge is 0.341 e. The van der Waals surface area contributed by atoms with Gasteiger partial charge in [0.15, 0.2) is 5.11 Å². The number of nitrogens with one attached hydrogen (secondary N) is 1. The van der Waals surface area contributed by atoms with Gasteiger partial charge in [0, 0.05) is 18.0 Å². The topological polar surface area (TPSA) is 41.6 Å². The van der Waals surface area contributed by atoms with E-state index < -0.39 is 0 Å². The lowest BCUT2D eigenvalue weighted by molar-refractivity contribution is 0.0526. The summed E-state index contributed by atoms with van der Waals surface area (Å²) in [7, 11) is 0. The van der Waals surface area contributed by atoms with E-state index in [-0.39, 0.29) is 5.97 Å². The first-order valence-corrected chi connectivity index (χ1v) is 10.6. The van der Waals surface area contributed by atoms with Crippen molar-refractivity contribution >= 4 is 39.6 Å². The first-order chi connectivity index (χ1) is 12.0. The minimum Gasteiger partial charge on any atom is -0.462 e. The van der Waals surface area contributed by atoms with Crippen LogP contribution in [0.2, 0.25) is 0 Å². The Labute approximate surface area is 159 Å². The SMILES string of the molecule is CCOC(=O)c1c(NC(=S)N2CC(C)CC(C)C2)sc2c1CCCC2. The first-order valence-electron chi connectivity index (χ1n) is 9.37. The van der Waals surface area contributed by atoms with Gasteiger partial charge in [-0.1, -0.05) is 13.8 Å². The Kier molecular flexibility index (Phi) is 6.00. The van der Waals surface area contributed by atoms with Gasteiger partial charge in [0.25, 0.3) is 0 Å². The molecule has 1 saturated heterocycles. The predicted octanol–water partition coefficient (Wildman–Crippen LogP) is 4.48.